The minimum absolute atomic E-state index is 0.180. The van der Waals surface area contributed by atoms with Gasteiger partial charge in [-0.05, 0) is 18.6 Å². The van der Waals surface area contributed by atoms with Crippen LogP contribution < -0.4 is 4.74 Å². The van der Waals surface area contributed by atoms with Gasteiger partial charge in [-0.1, -0.05) is 12.1 Å². The third kappa shape index (κ3) is 3.21. The van der Waals surface area contributed by atoms with Crippen molar-refractivity contribution >= 4 is 5.97 Å². The number of hydrogen-bond donors (Lipinski definition) is 2. The fourth-order valence-electron chi connectivity index (χ4n) is 2.07. The molecular formula is C13H17NO4. The molecule has 0 amide bonds. The van der Waals surface area contributed by atoms with Crippen LogP contribution in [0.3, 0.4) is 0 Å². The highest BCUT2D eigenvalue weighted by Gasteiger charge is 2.19. The van der Waals surface area contributed by atoms with Crippen LogP contribution in [0.1, 0.15) is 16.8 Å². The van der Waals surface area contributed by atoms with Crippen molar-refractivity contribution in [1.82, 2.24) is 4.90 Å². The molecular weight excluding hydrogens is 234 g/mol. The standard InChI is InChI=1S/C13H17NO4/c15-10-5-6-14(9-10)7-8-18-12-4-2-1-3-11(12)13(16)17/h1-4,10,15H,5-9H2,(H,16,17). The molecule has 18 heavy (non-hydrogen) atoms. The lowest BCUT2D eigenvalue weighted by Gasteiger charge is -2.15. The van der Waals surface area contributed by atoms with Crippen molar-refractivity contribution in [2.24, 2.45) is 0 Å². The van der Waals surface area contributed by atoms with Crippen LogP contribution in [0.5, 0.6) is 5.75 Å². The molecule has 1 atom stereocenters. The molecule has 2 rings (SSSR count). The van der Waals surface area contributed by atoms with E-state index in [0.717, 1.165) is 13.0 Å². The molecule has 1 unspecified atom stereocenters. The summed E-state index contributed by atoms with van der Waals surface area (Å²) in [6.45, 7) is 2.66. The molecule has 0 saturated carbocycles. The van der Waals surface area contributed by atoms with Gasteiger partial charge in [0, 0.05) is 19.6 Å². The maximum atomic E-state index is 11.0. The predicted molar refractivity (Wildman–Crippen MR) is 66.0 cm³/mol. The molecule has 5 nitrogen and oxygen atoms in total. The van der Waals surface area contributed by atoms with Crippen molar-refractivity contribution in [3.63, 3.8) is 0 Å². The molecule has 1 aromatic rings. The van der Waals surface area contributed by atoms with E-state index in [1.165, 1.54) is 6.07 Å². The lowest BCUT2D eigenvalue weighted by molar-refractivity contribution is 0.0691. The lowest BCUT2D eigenvalue weighted by Crippen LogP contribution is -2.27. The van der Waals surface area contributed by atoms with Gasteiger partial charge < -0.3 is 14.9 Å². The number of aromatic carboxylic acids is 1. The van der Waals surface area contributed by atoms with E-state index >= 15 is 0 Å². The Labute approximate surface area is 106 Å². The number of carboxylic acid groups (broad SMARTS) is 1. The number of nitrogens with zero attached hydrogens (tertiary/aromatic N) is 1. The zero-order valence-electron chi connectivity index (χ0n) is 10.1. The van der Waals surface area contributed by atoms with E-state index in [0.29, 0.717) is 25.4 Å². The van der Waals surface area contributed by atoms with Crippen LogP contribution >= 0.6 is 0 Å². The van der Waals surface area contributed by atoms with Crippen LogP contribution in [0.4, 0.5) is 0 Å². The van der Waals surface area contributed by atoms with Crippen LogP contribution in [-0.4, -0.2) is 53.4 Å². The highest BCUT2D eigenvalue weighted by molar-refractivity contribution is 5.90. The monoisotopic (exact) mass is 251 g/mol. The van der Waals surface area contributed by atoms with Crippen LogP contribution in [0, 0.1) is 0 Å². The van der Waals surface area contributed by atoms with E-state index in [-0.39, 0.29) is 11.7 Å². The van der Waals surface area contributed by atoms with Gasteiger partial charge in [0.05, 0.1) is 6.10 Å². The predicted octanol–water partition coefficient (Wildman–Crippen LogP) is 0.830. The second kappa shape index (κ2) is 5.84. The van der Waals surface area contributed by atoms with Gasteiger partial charge in [0.2, 0.25) is 0 Å². The molecule has 1 aliphatic heterocycles. The van der Waals surface area contributed by atoms with Crippen molar-refractivity contribution in [1.29, 1.82) is 0 Å². The average Bonchev–Trinajstić information content (AvgIpc) is 2.75. The Morgan fingerprint density at radius 1 is 1.44 bits per heavy atom. The van der Waals surface area contributed by atoms with E-state index in [2.05, 4.69) is 4.90 Å². The zero-order chi connectivity index (χ0) is 13.0. The topological polar surface area (TPSA) is 70.0 Å². The number of para-hydroxylation sites is 1. The third-order valence-corrected chi connectivity index (χ3v) is 3.03. The van der Waals surface area contributed by atoms with Gasteiger partial charge in [-0.2, -0.15) is 0 Å². The van der Waals surface area contributed by atoms with E-state index in [1.54, 1.807) is 18.2 Å². The number of carboxylic acids is 1. The first-order valence-electron chi connectivity index (χ1n) is 6.02. The van der Waals surface area contributed by atoms with Crippen molar-refractivity contribution < 1.29 is 19.7 Å². The van der Waals surface area contributed by atoms with Gasteiger partial charge in [-0.25, -0.2) is 4.79 Å². The van der Waals surface area contributed by atoms with Gasteiger partial charge in [0.1, 0.15) is 17.9 Å². The molecule has 1 saturated heterocycles. The molecule has 1 aromatic carbocycles. The first-order chi connectivity index (χ1) is 8.66. The number of aliphatic hydroxyl groups excluding tert-OH is 1. The smallest absolute Gasteiger partial charge is 0.339 e. The first kappa shape index (κ1) is 12.9. The molecule has 1 fully saturated rings. The van der Waals surface area contributed by atoms with E-state index in [9.17, 15) is 9.90 Å². The molecule has 0 spiro atoms. The Hall–Kier alpha value is -1.59. The van der Waals surface area contributed by atoms with E-state index in [4.69, 9.17) is 9.84 Å². The molecule has 0 radical (unpaired) electrons. The Balaban J connectivity index is 1.85. The number of carbonyl (C=O) groups is 1. The summed E-state index contributed by atoms with van der Waals surface area (Å²) < 4.78 is 5.49. The third-order valence-electron chi connectivity index (χ3n) is 3.03. The molecule has 2 N–H and O–H groups in total. The minimum Gasteiger partial charge on any atom is -0.491 e. The van der Waals surface area contributed by atoms with Crippen LogP contribution in [0.25, 0.3) is 0 Å². The van der Waals surface area contributed by atoms with E-state index < -0.39 is 5.97 Å². The van der Waals surface area contributed by atoms with Gasteiger partial charge in [-0.15, -0.1) is 0 Å². The second-order valence-corrected chi connectivity index (χ2v) is 4.39. The summed E-state index contributed by atoms with van der Waals surface area (Å²) in [5.41, 5.74) is 0.180. The van der Waals surface area contributed by atoms with Gasteiger partial charge in [-0.3, -0.25) is 4.90 Å². The van der Waals surface area contributed by atoms with Crippen molar-refractivity contribution in [3.8, 4) is 5.75 Å². The number of benzene rings is 1. The minimum atomic E-state index is -0.984. The maximum Gasteiger partial charge on any atom is 0.339 e. The molecule has 0 bridgehead atoms. The molecule has 1 heterocycles. The van der Waals surface area contributed by atoms with Crippen LogP contribution in [0.2, 0.25) is 0 Å². The molecule has 1 aliphatic rings. The highest BCUT2D eigenvalue weighted by atomic mass is 16.5. The molecule has 98 valence electrons. The average molecular weight is 251 g/mol. The van der Waals surface area contributed by atoms with Crippen molar-refractivity contribution in [2.75, 3.05) is 26.2 Å². The summed E-state index contributed by atoms with van der Waals surface area (Å²) >= 11 is 0. The summed E-state index contributed by atoms with van der Waals surface area (Å²) in [5, 5.41) is 18.4. The number of hydrogen-bond acceptors (Lipinski definition) is 4. The molecule has 5 heteroatoms. The SMILES string of the molecule is O=C(O)c1ccccc1OCCN1CCC(O)C1. The summed E-state index contributed by atoms with van der Waals surface area (Å²) in [7, 11) is 0. The molecule has 0 aromatic heterocycles. The zero-order valence-corrected chi connectivity index (χ0v) is 10.1. The number of β-amino-alcohol motifs (C(OH)–C–C–N with tert-alkyl or cyclic N) is 1. The largest absolute Gasteiger partial charge is 0.491 e. The number of rotatable bonds is 5. The Kier molecular flexibility index (Phi) is 4.17. The number of aliphatic hydroxyl groups is 1. The van der Waals surface area contributed by atoms with Gasteiger partial charge in [0.15, 0.2) is 0 Å². The number of ether oxygens (including phenoxy) is 1. The highest BCUT2D eigenvalue weighted by Crippen LogP contribution is 2.18. The normalized spacial score (nSPS) is 19.9. The molecule has 0 aliphatic carbocycles. The van der Waals surface area contributed by atoms with Crippen LogP contribution in [0.15, 0.2) is 24.3 Å². The number of likely N-dealkylation sites (tertiary alicyclic amines) is 1. The van der Waals surface area contributed by atoms with Gasteiger partial charge in [0.25, 0.3) is 0 Å². The first-order valence-corrected chi connectivity index (χ1v) is 6.02. The summed E-state index contributed by atoms with van der Waals surface area (Å²) in [5.74, 6) is -0.591. The quantitative estimate of drug-likeness (QED) is 0.811. The Morgan fingerprint density at radius 3 is 2.89 bits per heavy atom. The summed E-state index contributed by atoms with van der Waals surface area (Å²) in [4.78, 5) is 13.1. The van der Waals surface area contributed by atoms with Gasteiger partial charge >= 0.3 is 5.97 Å². The lowest BCUT2D eigenvalue weighted by atomic mass is 10.2. The van der Waals surface area contributed by atoms with E-state index in [1.807, 2.05) is 0 Å². The Morgan fingerprint density at radius 2 is 2.22 bits per heavy atom. The Bertz CT molecular complexity index is 421. The second-order valence-electron chi connectivity index (χ2n) is 4.39. The van der Waals surface area contributed by atoms with Crippen LogP contribution in [-0.2, 0) is 0 Å². The summed E-state index contributed by atoms with van der Waals surface area (Å²) in [6, 6.07) is 6.61. The van der Waals surface area contributed by atoms with Crippen molar-refractivity contribution in [2.45, 2.75) is 12.5 Å². The fourth-order valence-corrected chi connectivity index (χ4v) is 2.07. The maximum absolute atomic E-state index is 11.0. The van der Waals surface area contributed by atoms with Crippen molar-refractivity contribution in [3.05, 3.63) is 29.8 Å². The summed E-state index contributed by atoms with van der Waals surface area (Å²) in [6.07, 6.45) is 0.558. The fraction of sp³-hybridized carbons (Fsp3) is 0.462.